The fourth-order valence-electron chi connectivity index (χ4n) is 3.51. The number of pyridine rings is 1. The first kappa shape index (κ1) is 14.7. The second-order valence-electron chi connectivity index (χ2n) is 7.13. The van der Waals surface area contributed by atoms with Gasteiger partial charge in [-0.15, -0.1) is 0 Å². The van der Waals surface area contributed by atoms with Gasteiger partial charge in [0.15, 0.2) is 0 Å². The van der Waals surface area contributed by atoms with E-state index >= 15 is 0 Å². The van der Waals surface area contributed by atoms with Crippen molar-refractivity contribution in [1.29, 1.82) is 0 Å². The maximum atomic E-state index is 12.5. The van der Waals surface area contributed by atoms with E-state index in [1.165, 1.54) is 6.20 Å². The second-order valence-corrected chi connectivity index (χ2v) is 7.13. The molecule has 0 saturated carbocycles. The van der Waals surface area contributed by atoms with Gasteiger partial charge in [-0.1, -0.05) is 12.1 Å². The van der Waals surface area contributed by atoms with Gasteiger partial charge in [-0.2, -0.15) is 5.10 Å². The SMILES string of the molecule is [2H]C([2H])([2H])NC(=O)c1cnccc1Nc1cccc2c1N(C)Cc1cn(C(C)C)nc1-2. The Morgan fingerprint density at radius 2 is 2.14 bits per heavy atom. The average Bonchev–Trinajstić information content (AvgIpc) is 3.12. The van der Waals surface area contributed by atoms with Crippen LogP contribution in [0.4, 0.5) is 17.1 Å². The predicted octanol–water partition coefficient (Wildman–Crippen LogP) is 3.58. The third kappa shape index (κ3) is 2.98. The number of amides is 1. The molecular formula is C21H24N6O. The molecule has 0 bridgehead atoms. The van der Waals surface area contributed by atoms with Crippen molar-refractivity contribution in [1.82, 2.24) is 20.1 Å². The molecule has 1 aliphatic rings. The zero-order chi connectivity index (χ0) is 22.3. The van der Waals surface area contributed by atoms with Crippen LogP contribution in [0.15, 0.2) is 42.9 Å². The standard InChI is InChI=1S/C21H24N6O/c1-13(2)27-12-14-11-26(4)20-15(19(14)25-27)6-5-7-18(20)24-17-8-9-23-10-16(17)21(28)22-3/h5-10,12-13H,11H2,1-4H3,(H,22,28)(H,23,24)/i3D3. The van der Waals surface area contributed by atoms with Crippen LogP contribution in [-0.4, -0.2) is 34.7 Å². The predicted molar refractivity (Wildman–Crippen MR) is 111 cm³/mol. The van der Waals surface area contributed by atoms with Crippen molar-refractivity contribution in [2.24, 2.45) is 0 Å². The van der Waals surface area contributed by atoms with Gasteiger partial charge in [0.1, 0.15) is 0 Å². The number of rotatable bonds is 4. The topological polar surface area (TPSA) is 75.1 Å². The molecule has 7 heteroatoms. The van der Waals surface area contributed by atoms with Gasteiger partial charge in [0.2, 0.25) is 0 Å². The summed E-state index contributed by atoms with van der Waals surface area (Å²) in [6, 6.07) is 7.79. The summed E-state index contributed by atoms with van der Waals surface area (Å²) in [6.07, 6.45) is 4.99. The summed E-state index contributed by atoms with van der Waals surface area (Å²) in [4.78, 5) is 18.6. The Morgan fingerprint density at radius 3 is 2.93 bits per heavy atom. The molecule has 0 radical (unpaired) electrons. The Bertz CT molecular complexity index is 1140. The first-order valence-electron chi connectivity index (χ1n) is 10.6. The Morgan fingerprint density at radius 1 is 1.29 bits per heavy atom. The zero-order valence-electron chi connectivity index (χ0n) is 19.0. The highest BCUT2D eigenvalue weighted by atomic mass is 16.1. The van der Waals surface area contributed by atoms with Crippen molar-refractivity contribution in [3.8, 4) is 11.3 Å². The first-order valence-corrected chi connectivity index (χ1v) is 9.10. The third-order valence-corrected chi connectivity index (χ3v) is 4.87. The van der Waals surface area contributed by atoms with Gasteiger partial charge in [-0.05, 0) is 26.0 Å². The number of nitrogens with zero attached hydrogens (tertiary/aromatic N) is 4. The van der Waals surface area contributed by atoms with Crippen LogP contribution < -0.4 is 15.5 Å². The molecule has 144 valence electrons. The lowest BCUT2D eigenvalue weighted by molar-refractivity contribution is 0.0963. The molecule has 0 aliphatic carbocycles. The van der Waals surface area contributed by atoms with Gasteiger partial charge in [-0.3, -0.25) is 14.5 Å². The number of carbonyl (C=O) groups excluding carboxylic acids is 1. The monoisotopic (exact) mass is 379 g/mol. The van der Waals surface area contributed by atoms with E-state index in [0.717, 1.165) is 28.2 Å². The van der Waals surface area contributed by atoms with E-state index in [1.807, 2.05) is 35.2 Å². The fourth-order valence-corrected chi connectivity index (χ4v) is 3.51. The van der Waals surface area contributed by atoms with Gasteiger partial charge in [0, 0.05) is 60.4 Å². The third-order valence-electron chi connectivity index (χ3n) is 4.87. The van der Waals surface area contributed by atoms with E-state index in [0.29, 0.717) is 12.2 Å². The number of aromatic nitrogens is 3. The van der Waals surface area contributed by atoms with E-state index < -0.39 is 12.9 Å². The number of hydrogen-bond donors (Lipinski definition) is 2. The van der Waals surface area contributed by atoms with Crippen LogP contribution in [0.25, 0.3) is 11.3 Å². The van der Waals surface area contributed by atoms with Crippen molar-refractivity contribution in [2.45, 2.75) is 26.4 Å². The Balaban J connectivity index is 1.74. The lowest BCUT2D eigenvalue weighted by Gasteiger charge is -2.29. The highest BCUT2D eigenvalue weighted by Gasteiger charge is 2.26. The van der Waals surface area contributed by atoms with Gasteiger partial charge >= 0.3 is 0 Å². The maximum absolute atomic E-state index is 12.5. The molecule has 0 unspecified atom stereocenters. The minimum atomic E-state index is -2.58. The number of anilines is 3. The minimum Gasteiger partial charge on any atom is -0.368 e. The number of carbonyl (C=O) groups is 1. The molecule has 2 N–H and O–H groups in total. The first-order chi connectivity index (χ1) is 14.6. The summed E-state index contributed by atoms with van der Waals surface area (Å²) in [5.41, 5.74) is 5.47. The van der Waals surface area contributed by atoms with Crippen molar-refractivity contribution in [3.05, 3.63) is 54.0 Å². The van der Waals surface area contributed by atoms with E-state index in [-0.39, 0.29) is 11.6 Å². The van der Waals surface area contributed by atoms with Crippen LogP contribution in [0.2, 0.25) is 0 Å². The highest BCUT2D eigenvalue weighted by molar-refractivity contribution is 6.01. The summed E-state index contributed by atoms with van der Waals surface area (Å²) in [5.74, 6) is -0.716. The smallest absolute Gasteiger partial charge is 0.254 e. The molecule has 1 amide bonds. The largest absolute Gasteiger partial charge is 0.368 e. The molecule has 0 spiro atoms. The molecular weight excluding hydrogens is 352 g/mol. The second kappa shape index (κ2) is 6.99. The van der Waals surface area contributed by atoms with Crippen LogP contribution >= 0.6 is 0 Å². The number of nitrogens with one attached hydrogen (secondary N) is 2. The molecule has 0 saturated heterocycles. The summed E-state index contributed by atoms with van der Waals surface area (Å²) in [6.45, 7) is 2.31. The summed E-state index contributed by atoms with van der Waals surface area (Å²) >= 11 is 0. The normalized spacial score (nSPS) is 14.6. The quantitative estimate of drug-likeness (QED) is 0.725. The van der Waals surface area contributed by atoms with Crippen LogP contribution in [0, 0.1) is 0 Å². The van der Waals surface area contributed by atoms with Crippen LogP contribution in [-0.2, 0) is 6.54 Å². The molecule has 1 aliphatic heterocycles. The molecule has 3 aromatic rings. The Kier molecular flexibility index (Phi) is 3.67. The van der Waals surface area contributed by atoms with E-state index in [4.69, 9.17) is 9.21 Å². The molecule has 1 aromatic carbocycles. The molecule has 0 atom stereocenters. The van der Waals surface area contributed by atoms with Crippen molar-refractivity contribution >= 4 is 23.0 Å². The van der Waals surface area contributed by atoms with Crippen molar-refractivity contribution in [2.75, 3.05) is 24.2 Å². The summed E-state index contributed by atoms with van der Waals surface area (Å²) < 4.78 is 23.9. The fraction of sp³-hybridized carbons (Fsp3) is 0.286. The average molecular weight is 379 g/mol. The lowest BCUT2D eigenvalue weighted by atomic mass is 9.99. The van der Waals surface area contributed by atoms with E-state index in [9.17, 15) is 4.79 Å². The number of fused-ring (bicyclic) bond motifs is 3. The van der Waals surface area contributed by atoms with Crippen molar-refractivity contribution < 1.29 is 8.91 Å². The maximum Gasteiger partial charge on any atom is 0.254 e. The Labute approximate surface area is 168 Å². The van der Waals surface area contributed by atoms with E-state index in [2.05, 4.69) is 35.2 Å². The number of hydrogen-bond acceptors (Lipinski definition) is 5. The van der Waals surface area contributed by atoms with Crippen LogP contribution in [0.5, 0.6) is 0 Å². The molecule has 4 rings (SSSR count). The van der Waals surface area contributed by atoms with Gasteiger partial charge in [0.05, 0.1) is 28.3 Å². The van der Waals surface area contributed by atoms with Gasteiger partial charge in [-0.25, -0.2) is 0 Å². The highest BCUT2D eigenvalue weighted by Crippen LogP contribution is 2.43. The lowest BCUT2D eigenvalue weighted by Crippen LogP contribution is -2.23. The number of para-hydroxylation sites is 1. The van der Waals surface area contributed by atoms with Crippen LogP contribution in [0.3, 0.4) is 0 Å². The van der Waals surface area contributed by atoms with Gasteiger partial charge in [0.25, 0.3) is 5.91 Å². The molecule has 3 heterocycles. The minimum absolute atomic E-state index is 0.152. The number of benzene rings is 1. The van der Waals surface area contributed by atoms with Gasteiger partial charge < -0.3 is 15.5 Å². The molecule has 0 fully saturated rings. The molecule has 2 aromatic heterocycles. The molecule has 28 heavy (non-hydrogen) atoms. The van der Waals surface area contributed by atoms with Crippen molar-refractivity contribution in [3.63, 3.8) is 0 Å². The zero-order valence-corrected chi connectivity index (χ0v) is 16.0. The molecule has 7 nitrogen and oxygen atoms in total. The summed E-state index contributed by atoms with van der Waals surface area (Å²) in [5, 5.41) is 10.1. The Hall–Kier alpha value is -3.35. The summed E-state index contributed by atoms with van der Waals surface area (Å²) in [7, 11) is 2.01. The van der Waals surface area contributed by atoms with E-state index in [1.54, 1.807) is 12.3 Å². The van der Waals surface area contributed by atoms with Crippen LogP contribution in [0.1, 0.15) is 39.9 Å².